The Kier molecular flexibility index (Phi) is 12.7. The number of anilines is 3. The Bertz CT molecular complexity index is 1630. The van der Waals surface area contributed by atoms with E-state index >= 15 is 0 Å². The number of fused-ring (bicyclic) bond motifs is 1. The van der Waals surface area contributed by atoms with Crippen molar-refractivity contribution in [1.82, 2.24) is 9.55 Å². The van der Waals surface area contributed by atoms with Crippen LogP contribution in [0.25, 0.3) is 17.2 Å². The maximum absolute atomic E-state index is 13.6. The Balaban J connectivity index is 1.26. The van der Waals surface area contributed by atoms with Crippen LogP contribution in [0.4, 0.5) is 17.1 Å². The van der Waals surface area contributed by atoms with Crippen molar-refractivity contribution < 1.29 is 14.3 Å². The highest BCUT2D eigenvalue weighted by molar-refractivity contribution is 6.07. The van der Waals surface area contributed by atoms with Crippen molar-refractivity contribution in [1.29, 1.82) is 0 Å². The number of rotatable bonds is 17. The molecule has 0 spiro atoms. The van der Waals surface area contributed by atoms with Gasteiger partial charge >= 0.3 is 0 Å². The van der Waals surface area contributed by atoms with Gasteiger partial charge in [0.05, 0.1) is 13.2 Å². The van der Waals surface area contributed by atoms with Crippen LogP contribution in [0.2, 0.25) is 0 Å². The number of amides is 1. The van der Waals surface area contributed by atoms with E-state index in [9.17, 15) is 4.79 Å². The first-order valence-electron chi connectivity index (χ1n) is 17.5. The van der Waals surface area contributed by atoms with Gasteiger partial charge in [-0.25, -0.2) is 4.98 Å². The van der Waals surface area contributed by atoms with E-state index in [1.807, 2.05) is 48.8 Å². The summed E-state index contributed by atoms with van der Waals surface area (Å²) in [7, 11) is 2.07. The number of benzene rings is 3. The van der Waals surface area contributed by atoms with Crippen LogP contribution in [0, 0.1) is 0 Å². The quantitative estimate of drug-likeness (QED) is 0.116. The number of hydrogen-bond donors (Lipinski definition) is 1. The van der Waals surface area contributed by atoms with E-state index < -0.39 is 0 Å². The van der Waals surface area contributed by atoms with Crippen molar-refractivity contribution in [3.63, 3.8) is 0 Å². The Morgan fingerprint density at radius 1 is 0.896 bits per heavy atom. The summed E-state index contributed by atoms with van der Waals surface area (Å²) in [5, 5.41) is 3.15. The zero-order chi connectivity index (χ0) is 33.7. The van der Waals surface area contributed by atoms with Gasteiger partial charge in [-0.3, -0.25) is 4.79 Å². The highest BCUT2D eigenvalue weighted by atomic mass is 16.5. The van der Waals surface area contributed by atoms with E-state index in [4.69, 9.17) is 9.47 Å². The van der Waals surface area contributed by atoms with Crippen molar-refractivity contribution in [3.8, 4) is 16.9 Å². The van der Waals surface area contributed by atoms with Gasteiger partial charge in [0.15, 0.2) is 0 Å². The van der Waals surface area contributed by atoms with Crippen molar-refractivity contribution in [2.75, 3.05) is 55.1 Å². The van der Waals surface area contributed by atoms with Crippen molar-refractivity contribution in [2.24, 2.45) is 0 Å². The van der Waals surface area contributed by atoms with Crippen LogP contribution >= 0.6 is 0 Å². The third kappa shape index (κ3) is 9.28. The fourth-order valence-corrected chi connectivity index (χ4v) is 6.02. The van der Waals surface area contributed by atoms with E-state index in [0.717, 1.165) is 97.1 Å². The molecule has 5 rings (SSSR count). The van der Waals surface area contributed by atoms with E-state index in [1.165, 1.54) is 5.69 Å². The van der Waals surface area contributed by atoms with Crippen LogP contribution in [0.3, 0.4) is 0 Å². The summed E-state index contributed by atoms with van der Waals surface area (Å²) < 4.78 is 13.7. The lowest BCUT2D eigenvalue weighted by atomic mass is 10.00. The van der Waals surface area contributed by atoms with Gasteiger partial charge in [0.25, 0.3) is 5.91 Å². The minimum absolute atomic E-state index is 0.0624. The lowest BCUT2D eigenvalue weighted by Crippen LogP contribution is -2.26. The van der Waals surface area contributed by atoms with Gasteiger partial charge in [-0.1, -0.05) is 45.4 Å². The molecule has 0 fully saturated rings. The second-order valence-corrected chi connectivity index (χ2v) is 12.4. The molecule has 8 nitrogen and oxygen atoms in total. The summed E-state index contributed by atoms with van der Waals surface area (Å²) in [6.07, 6.45) is 11.0. The molecule has 4 aromatic rings. The predicted octanol–water partition coefficient (Wildman–Crippen LogP) is 8.43. The predicted molar refractivity (Wildman–Crippen MR) is 198 cm³/mol. The first-order valence-corrected chi connectivity index (χ1v) is 17.5. The summed E-state index contributed by atoms with van der Waals surface area (Å²) in [4.78, 5) is 22.7. The molecule has 8 heteroatoms. The molecule has 1 aliphatic heterocycles. The van der Waals surface area contributed by atoms with Crippen LogP contribution in [-0.4, -0.2) is 55.4 Å². The summed E-state index contributed by atoms with van der Waals surface area (Å²) >= 11 is 0. The maximum atomic E-state index is 13.6. The second-order valence-electron chi connectivity index (χ2n) is 12.4. The lowest BCUT2D eigenvalue weighted by Gasteiger charge is -2.25. The van der Waals surface area contributed by atoms with E-state index in [1.54, 1.807) is 0 Å². The summed E-state index contributed by atoms with van der Waals surface area (Å²) in [5.74, 6) is 1.81. The number of carbonyl (C=O) groups excluding carboxylic acids is 1. The van der Waals surface area contributed by atoms with Crippen LogP contribution in [-0.2, 0) is 22.6 Å². The lowest BCUT2D eigenvalue weighted by molar-refractivity contribution is -0.112. The molecule has 0 bridgehead atoms. The molecule has 0 saturated heterocycles. The SMILES string of the molecule is CCCCOCCOc1ccc(-c2ccc3c(c2)C=C(C(=O)Nc2ccc(N(C)Cc4nccn4CCC)cc2)CCN3CCC)cc1. The zero-order valence-corrected chi connectivity index (χ0v) is 29.1. The molecule has 1 aromatic heterocycles. The van der Waals surface area contributed by atoms with Crippen LogP contribution in [0.1, 0.15) is 64.3 Å². The number of hydrogen-bond acceptors (Lipinski definition) is 6. The third-order valence-corrected chi connectivity index (χ3v) is 8.67. The molecule has 0 unspecified atom stereocenters. The molecule has 48 heavy (non-hydrogen) atoms. The van der Waals surface area contributed by atoms with Gasteiger partial charge in [-0.05, 0) is 97.0 Å². The number of carbonyl (C=O) groups is 1. The fraction of sp³-hybridized carbons (Fsp3) is 0.400. The molecular formula is C40H51N5O3. The van der Waals surface area contributed by atoms with Gasteiger partial charge in [0.1, 0.15) is 18.2 Å². The van der Waals surface area contributed by atoms with Crippen LogP contribution < -0.4 is 19.9 Å². The van der Waals surface area contributed by atoms with Gasteiger partial charge in [0.2, 0.25) is 0 Å². The van der Waals surface area contributed by atoms with Gasteiger partial charge < -0.3 is 29.2 Å². The molecule has 1 N–H and O–H groups in total. The normalized spacial score (nSPS) is 12.7. The molecule has 2 heterocycles. The number of aromatic nitrogens is 2. The monoisotopic (exact) mass is 649 g/mol. The number of aryl methyl sites for hydroxylation is 1. The Morgan fingerprint density at radius 3 is 2.42 bits per heavy atom. The average molecular weight is 650 g/mol. The molecule has 3 aromatic carbocycles. The topological polar surface area (TPSA) is 71.9 Å². The van der Waals surface area contributed by atoms with E-state index in [0.29, 0.717) is 26.2 Å². The zero-order valence-electron chi connectivity index (χ0n) is 29.1. The minimum atomic E-state index is -0.0624. The van der Waals surface area contributed by atoms with E-state index in [-0.39, 0.29) is 5.91 Å². The number of unbranched alkanes of at least 4 members (excludes halogenated alkanes) is 1. The minimum Gasteiger partial charge on any atom is -0.491 e. The fourth-order valence-electron chi connectivity index (χ4n) is 6.02. The molecule has 1 aliphatic rings. The van der Waals surface area contributed by atoms with Crippen LogP contribution in [0.5, 0.6) is 5.75 Å². The molecule has 0 radical (unpaired) electrons. The highest BCUT2D eigenvalue weighted by Crippen LogP contribution is 2.33. The molecular weight excluding hydrogens is 598 g/mol. The average Bonchev–Trinajstić information content (AvgIpc) is 3.45. The second kappa shape index (κ2) is 17.6. The smallest absolute Gasteiger partial charge is 0.251 e. The first kappa shape index (κ1) is 34.8. The van der Waals surface area contributed by atoms with Crippen LogP contribution in [0.15, 0.2) is 84.7 Å². The molecule has 1 amide bonds. The largest absolute Gasteiger partial charge is 0.491 e. The molecule has 0 saturated carbocycles. The Labute approximate surface area is 286 Å². The number of nitrogens with one attached hydrogen (secondary N) is 1. The van der Waals surface area contributed by atoms with E-state index in [2.05, 4.69) is 88.9 Å². The number of imidazole rings is 1. The standard InChI is InChI=1S/C40H51N5O3/c1-5-8-25-47-26-27-48-37-16-9-31(10-17-37)32-11-18-38-34(28-32)29-33(19-23-44(38)21-6-2)40(46)42-35-12-14-36(15-13-35)43(4)30-39-41-20-24-45(39)22-7-3/h9-18,20,24,28-29H,5-8,19,21-23,25-27,30H2,1-4H3,(H,42,46). The maximum Gasteiger partial charge on any atom is 0.251 e. The van der Waals surface area contributed by atoms with Crippen molar-refractivity contribution in [3.05, 3.63) is 96.1 Å². The molecule has 0 atom stereocenters. The number of nitrogens with zero attached hydrogens (tertiary/aromatic N) is 4. The Hall–Kier alpha value is -4.56. The van der Waals surface area contributed by atoms with Gasteiger partial charge in [-0.15, -0.1) is 0 Å². The van der Waals surface area contributed by atoms with Crippen molar-refractivity contribution in [2.45, 2.75) is 66.0 Å². The molecule has 0 aliphatic carbocycles. The highest BCUT2D eigenvalue weighted by Gasteiger charge is 2.20. The molecule has 254 valence electrons. The first-order chi connectivity index (χ1) is 23.5. The van der Waals surface area contributed by atoms with Gasteiger partial charge in [0, 0.05) is 68.3 Å². The number of ether oxygens (including phenoxy) is 2. The van der Waals surface area contributed by atoms with Crippen molar-refractivity contribution >= 4 is 29.0 Å². The third-order valence-electron chi connectivity index (χ3n) is 8.67. The summed E-state index contributed by atoms with van der Waals surface area (Å²) in [5.41, 5.74) is 7.07. The summed E-state index contributed by atoms with van der Waals surface area (Å²) in [6.45, 7) is 11.9. The van der Waals surface area contributed by atoms with Gasteiger partial charge in [-0.2, -0.15) is 0 Å². The Morgan fingerprint density at radius 2 is 1.67 bits per heavy atom. The summed E-state index contributed by atoms with van der Waals surface area (Å²) in [6, 6.07) is 22.8.